The van der Waals surface area contributed by atoms with Crippen molar-refractivity contribution in [1.82, 2.24) is 4.90 Å². The number of rotatable bonds is 8. The Labute approximate surface area is 175 Å². The molecule has 0 saturated carbocycles. The maximum Gasteiger partial charge on any atom is 0.242 e. The number of amidine groups is 1. The van der Waals surface area contributed by atoms with E-state index in [2.05, 4.69) is 10.3 Å². The standard InChI is InChI=1S/C22H25N3O3S/c1-16-9-11-18(12-10-16)23-20(26)15-19-21(27)25(13-6-14-28-2)22(29-19)24-17-7-4-3-5-8-17/h3-5,7-12,19H,6,13-15H2,1-2H3,(H,23,26)/t19-/m0/s1. The number of amides is 2. The molecule has 0 radical (unpaired) electrons. The van der Waals surface area contributed by atoms with Gasteiger partial charge in [-0.05, 0) is 37.6 Å². The van der Waals surface area contributed by atoms with E-state index in [1.807, 2.05) is 61.5 Å². The number of carbonyl (C=O) groups excluding carboxylic acids is 2. The molecule has 7 heteroatoms. The van der Waals surface area contributed by atoms with Crippen LogP contribution in [0.4, 0.5) is 11.4 Å². The van der Waals surface area contributed by atoms with Gasteiger partial charge in [-0.15, -0.1) is 0 Å². The molecule has 1 aliphatic rings. The summed E-state index contributed by atoms with van der Waals surface area (Å²) in [4.78, 5) is 31.7. The molecule has 2 aromatic rings. The van der Waals surface area contributed by atoms with E-state index in [4.69, 9.17) is 4.74 Å². The molecule has 152 valence electrons. The quantitative estimate of drug-likeness (QED) is 0.667. The van der Waals surface area contributed by atoms with Gasteiger partial charge in [-0.2, -0.15) is 0 Å². The molecule has 0 aromatic heterocycles. The van der Waals surface area contributed by atoms with Crippen LogP contribution in [0.5, 0.6) is 0 Å². The van der Waals surface area contributed by atoms with Crippen molar-refractivity contribution in [3.05, 3.63) is 60.2 Å². The third-order valence-electron chi connectivity index (χ3n) is 4.44. The number of nitrogens with one attached hydrogen (secondary N) is 1. The predicted molar refractivity (Wildman–Crippen MR) is 118 cm³/mol. The number of aliphatic imine (C=N–C) groups is 1. The molecule has 29 heavy (non-hydrogen) atoms. The minimum absolute atomic E-state index is 0.0835. The van der Waals surface area contributed by atoms with Crippen LogP contribution in [-0.2, 0) is 14.3 Å². The van der Waals surface area contributed by atoms with E-state index in [1.165, 1.54) is 11.8 Å². The molecule has 6 nitrogen and oxygen atoms in total. The molecular formula is C22H25N3O3S. The van der Waals surface area contributed by atoms with Crippen LogP contribution in [0.1, 0.15) is 18.4 Å². The summed E-state index contributed by atoms with van der Waals surface area (Å²) < 4.78 is 5.11. The van der Waals surface area contributed by atoms with Gasteiger partial charge in [-0.25, -0.2) is 4.99 Å². The second-order valence-corrected chi connectivity index (χ2v) is 7.96. The van der Waals surface area contributed by atoms with Crippen LogP contribution in [0, 0.1) is 6.92 Å². The highest BCUT2D eigenvalue weighted by Crippen LogP contribution is 2.32. The van der Waals surface area contributed by atoms with Crippen molar-refractivity contribution in [2.24, 2.45) is 4.99 Å². The van der Waals surface area contributed by atoms with E-state index < -0.39 is 5.25 Å². The lowest BCUT2D eigenvalue weighted by Crippen LogP contribution is -2.34. The number of aryl methyl sites for hydroxylation is 1. The van der Waals surface area contributed by atoms with E-state index in [1.54, 1.807) is 12.0 Å². The first kappa shape index (κ1) is 21.1. The number of benzene rings is 2. The molecule has 3 rings (SSSR count). The molecule has 0 spiro atoms. The molecule has 1 saturated heterocycles. The van der Waals surface area contributed by atoms with Crippen LogP contribution < -0.4 is 5.32 Å². The topological polar surface area (TPSA) is 71.0 Å². The average molecular weight is 412 g/mol. The fourth-order valence-corrected chi connectivity index (χ4v) is 4.11. The second kappa shape index (κ2) is 10.2. The highest BCUT2D eigenvalue weighted by atomic mass is 32.2. The molecule has 1 heterocycles. The monoisotopic (exact) mass is 411 g/mol. The summed E-state index contributed by atoms with van der Waals surface area (Å²) in [6, 6.07) is 17.1. The third kappa shape index (κ3) is 5.92. The largest absolute Gasteiger partial charge is 0.385 e. The molecule has 1 fully saturated rings. The number of carbonyl (C=O) groups is 2. The number of anilines is 1. The average Bonchev–Trinajstić information content (AvgIpc) is 2.99. The molecule has 0 bridgehead atoms. The fraction of sp³-hybridized carbons (Fsp3) is 0.318. The molecule has 1 atom stereocenters. The zero-order valence-corrected chi connectivity index (χ0v) is 17.4. The van der Waals surface area contributed by atoms with Gasteiger partial charge in [-0.1, -0.05) is 47.7 Å². The number of nitrogens with zero attached hydrogens (tertiary/aromatic N) is 2. The smallest absolute Gasteiger partial charge is 0.242 e. The Morgan fingerprint density at radius 3 is 2.59 bits per heavy atom. The van der Waals surface area contributed by atoms with E-state index in [-0.39, 0.29) is 18.2 Å². The number of methoxy groups -OCH3 is 1. The molecule has 0 unspecified atom stereocenters. The van der Waals surface area contributed by atoms with Crippen LogP contribution >= 0.6 is 11.8 Å². The van der Waals surface area contributed by atoms with E-state index in [0.717, 1.165) is 16.9 Å². The van der Waals surface area contributed by atoms with Gasteiger partial charge < -0.3 is 10.1 Å². The Morgan fingerprint density at radius 2 is 1.90 bits per heavy atom. The third-order valence-corrected chi connectivity index (χ3v) is 5.61. The van der Waals surface area contributed by atoms with Gasteiger partial charge in [0.2, 0.25) is 11.8 Å². The minimum atomic E-state index is -0.481. The van der Waals surface area contributed by atoms with Gasteiger partial charge in [0.1, 0.15) is 5.25 Å². The van der Waals surface area contributed by atoms with Crippen molar-refractivity contribution in [2.75, 3.05) is 25.6 Å². The summed E-state index contributed by atoms with van der Waals surface area (Å²) in [6.45, 7) is 3.07. The van der Waals surface area contributed by atoms with E-state index in [9.17, 15) is 9.59 Å². The number of thioether (sulfide) groups is 1. The van der Waals surface area contributed by atoms with Crippen LogP contribution in [0.2, 0.25) is 0 Å². The van der Waals surface area contributed by atoms with Gasteiger partial charge >= 0.3 is 0 Å². The van der Waals surface area contributed by atoms with Crippen LogP contribution in [0.25, 0.3) is 0 Å². The first-order valence-electron chi connectivity index (χ1n) is 9.54. The highest BCUT2D eigenvalue weighted by molar-refractivity contribution is 8.15. The van der Waals surface area contributed by atoms with Crippen molar-refractivity contribution in [3.8, 4) is 0 Å². The maximum absolute atomic E-state index is 12.9. The Hall–Kier alpha value is -2.64. The van der Waals surface area contributed by atoms with Gasteiger partial charge in [0, 0.05) is 32.4 Å². The van der Waals surface area contributed by atoms with Crippen molar-refractivity contribution in [3.63, 3.8) is 0 Å². The summed E-state index contributed by atoms with van der Waals surface area (Å²) in [5.74, 6) is -0.266. The molecule has 2 aromatic carbocycles. The van der Waals surface area contributed by atoms with Gasteiger partial charge in [0.25, 0.3) is 0 Å². The second-order valence-electron chi connectivity index (χ2n) is 6.79. The molecule has 1 aliphatic heterocycles. The number of hydrogen-bond acceptors (Lipinski definition) is 5. The number of para-hydroxylation sites is 1. The Bertz CT molecular complexity index is 869. The van der Waals surface area contributed by atoms with Crippen molar-refractivity contribution >= 4 is 40.1 Å². The Kier molecular flexibility index (Phi) is 7.43. The predicted octanol–water partition coefficient (Wildman–Crippen LogP) is 3.99. The van der Waals surface area contributed by atoms with Crippen LogP contribution in [0.3, 0.4) is 0 Å². The summed E-state index contributed by atoms with van der Waals surface area (Å²) in [7, 11) is 1.64. The van der Waals surface area contributed by atoms with Crippen LogP contribution in [0.15, 0.2) is 59.6 Å². The maximum atomic E-state index is 12.9. The number of ether oxygens (including phenoxy) is 1. The summed E-state index contributed by atoms with van der Waals surface area (Å²) in [5.41, 5.74) is 2.63. The van der Waals surface area contributed by atoms with Crippen molar-refractivity contribution < 1.29 is 14.3 Å². The lowest BCUT2D eigenvalue weighted by molar-refractivity contribution is -0.128. The highest BCUT2D eigenvalue weighted by Gasteiger charge is 2.38. The molecule has 2 amide bonds. The normalized spacial score (nSPS) is 17.7. The summed E-state index contributed by atoms with van der Waals surface area (Å²) >= 11 is 1.35. The number of hydrogen-bond donors (Lipinski definition) is 1. The molecule has 0 aliphatic carbocycles. The molecular weight excluding hydrogens is 386 g/mol. The first-order valence-corrected chi connectivity index (χ1v) is 10.4. The van der Waals surface area contributed by atoms with Gasteiger partial charge in [0.15, 0.2) is 5.17 Å². The van der Waals surface area contributed by atoms with Gasteiger partial charge in [0.05, 0.1) is 5.69 Å². The van der Waals surface area contributed by atoms with Crippen molar-refractivity contribution in [2.45, 2.75) is 25.0 Å². The van der Waals surface area contributed by atoms with Crippen LogP contribution in [-0.4, -0.2) is 47.4 Å². The Morgan fingerprint density at radius 1 is 1.17 bits per heavy atom. The minimum Gasteiger partial charge on any atom is -0.385 e. The lowest BCUT2D eigenvalue weighted by atomic mass is 10.2. The zero-order chi connectivity index (χ0) is 20.6. The van der Waals surface area contributed by atoms with E-state index >= 15 is 0 Å². The van der Waals surface area contributed by atoms with E-state index in [0.29, 0.717) is 24.7 Å². The van der Waals surface area contributed by atoms with Crippen molar-refractivity contribution in [1.29, 1.82) is 0 Å². The summed E-state index contributed by atoms with van der Waals surface area (Å²) in [5, 5.41) is 3.01. The zero-order valence-electron chi connectivity index (χ0n) is 16.6. The molecule has 1 N–H and O–H groups in total. The summed E-state index contributed by atoms with van der Waals surface area (Å²) in [6.07, 6.45) is 0.810. The lowest BCUT2D eigenvalue weighted by Gasteiger charge is -2.16. The Balaban J connectivity index is 1.70. The first-order chi connectivity index (χ1) is 14.1. The SMILES string of the molecule is COCCCN1C(=O)[C@H](CC(=O)Nc2ccc(C)cc2)SC1=Nc1ccccc1. The fourth-order valence-electron chi connectivity index (χ4n) is 2.93. The van der Waals surface area contributed by atoms with Gasteiger partial charge in [-0.3, -0.25) is 14.5 Å².